The quantitative estimate of drug-likeness (QED) is 0.413. The monoisotopic (exact) mass is 476 g/mol. The van der Waals surface area contributed by atoms with E-state index < -0.39 is 0 Å². The van der Waals surface area contributed by atoms with Crippen LogP contribution in [0.4, 0.5) is 0 Å². The van der Waals surface area contributed by atoms with Gasteiger partial charge in [-0.1, -0.05) is 99.0 Å². The predicted octanol–water partition coefficient (Wildman–Crippen LogP) is 7.72. The number of hydrogen-bond donors (Lipinski definition) is 0. The van der Waals surface area contributed by atoms with E-state index >= 15 is 0 Å². The van der Waals surface area contributed by atoms with E-state index in [0.29, 0.717) is 5.92 Å². The van der Waals surface area contributed by atoms with Crippen LogP contribution in [0, 0.1) is 5.41 Å². The van der Waals surface area contributed by atoms with Crippen molar-refractivity contribution in [2.45, 2.75) is 45.4 Å². The van der Waals surface area contributed by atoms with E-state index in [1.54, 1.807) is 5.57 Å². The molecule has 1 unspecified atom stereocenters. The molecule has 0 bridgehead atoms. The van der Waals surface area contributed by atoms with Gasteiger partial charge in [0, 0.05) is 32.1 Å². The van der Waals surface area contributed by atoms with Crippen molar-refractivity contribution >= 4 is 24.8 Å². The minimum Gasteiger partial charge on any atom is -0.147 e. The summed E-state index contributed by atoms with van der Waals surface area (Å²) in [5, 5.41) is 0. The van der Waals surface area contributed by atoms with Crippen LogP contribution in [0.25, 0.3) is 11.1 Å². The van der Waals surface area contributed by atoms with Crippen molar-refractivity contribution in [3.63, 3.8) is 0 Å². The average molecular weight is 479 g/mol. The zero-order valence-corrected chi connectivity index (χ0v) is 20.2. The molecule has 142 valence electrons. The number of halogens is 2. The molecule has 3 heteroatoms. The molecule has 0 amide bonds. The standard InChI is InChI=1S/C24H26.2ClH.Zr/c1-3-4-17-24(2,18-11-5-6-12-18)23-21-15-9-7-13-19(21)20-14-8-10-16-22(20)23;;;/h5-11,13-16,23H,3-4,12,17H2,1-2H3;2*1H;. The van der Waals surface area contributed by atoms with Gasteiger partial charge in [-0.3, -0.25) is 0 Å². The molecule has 2 aliphatic rings. The van der Waals surface area contributed by atoms with Gasteiger partial charge in [-0.15, -0.1) is 24.8 Å². The van der Waals surface area contributed by atoms with Gasteiger partial charge in [0.2, 0.25) is 0 Å². The van der Waals surface area contributed by atoms with Gasteiger partial charge < -0.3 is 0 Å². The van der Waals surface area contributed by atoms with Gasteiger partial charge in [-0.25, -0.2) is 0 Å². The van der Waals surface area contributed by atoms with Crippen LogP contribution >= 0.6 is 24.8 Å². The summed E-state index contributed by atoms with van der Waals surface area (Å²) >= 11 is 0. The minimum atomic E-state index is 0. The number of hydrogen-bond acceptors (Lipinski definition) is 0. The third kappa shape index (κ3) is 4.21. The van der Waals surface area contributed by atoms with E-state index in [0.717, 1.165) is 6.42 Å². The zero-order chi connectivity index (χ0) is 16.6. The molecular formula is C24H28Cl2Zr. The van der Waals surface area contributed by atoms with E-state index in [1.807, 2.05) is 0 Å². The molecule has 2 aliphatic carbocycles. The normalized spacial score (nSPS) is 16.1. The first-order valence-electron chi connectivity index (χ1n) is 9.30. The number of unbranched alkanes of at least 4 members (excludes halogenated alkanes) is 1. The fourth-order valence-electron chi connectivity index (χ4n) is 4.75. The Labute approximate surface area is 195 Å². The fourth-order valence-corrected chi connectivity index (χ4v) is 4.75. The molecule has 2 aromatic rings. The van der Waals surface area contributed by atoms with Gasteiger partial charge in [0.05, 0.1) is 0 Å². The molecule has 0 spiro atoms. The number of fused-ring (bicyclic) bond motifs is 3. The van der Waals surface area contributed by atoms with Gasteiger partial charge in [0.15, 0.2) is 0 Å². The predicted molar refractivity (Wildman–Crippen MR) is 118 cm³/mol. The largest absolute Gasteiger partial charge is 0.147 e. The summed E-state index contributed by atoms with van der Waals surface area (Å²) in [7, 11) is 0. The van der Waals surface area contributed by atoms with E-state index in [1.165, 1.54) is 41.5 Å². The zero-order valence-electron chi connectivity index (χ0n) is 16.1. The summed E-state index contributed by atoms with van der Waals surface area (Å²) in [6.07, 6.45) is 11.8. The van der Waals surface area contributed by atoms with Crippen molar-refractivity contribution in [3.05, 3.63) is 83.5 Å². The molecule has 27 heavy (non-hydrogen) atoms. The number of allylic oxidation sites excluding steroid dienone is 4. The maximum atomic E-state index is 2.50. The Morgan fingerprint density at radius 3 is 1.96 bits per heavy atom. The van der Waals surface area contributed by atoms with Crippen LogP contribution in [-0.4, -0.2) is 0 Å². The SMILES string of the molecule is CCCCC(C)(C1=CC=CC1)C1c2ccccc2-c2ccccc21.Cl.Cl.[Zr]. The Balaban J connectivity index is 0.00000121. The maximum Gasteiger partial charge on any atom is 0.0193 e. The van der Waals surface area contributed by atoms with E-state index in [-0.39, 0.29) is 56.4 Å². The Hall–Kier alpha value is -0.617. The van der Waals surface area contributed by atoms with Crippen LogP contribution in [0.3, 0.4) is 0 Å². The Morgan fingerprint density at radius 2 is 1.48 bits per heavy atom. The molecule has 1 atom stereocenters. The topological polar surface area (TPSA) is 0 Å². The van der Waals surface area contributed by atoms with Gasteiger partial charge in [-0.05, 0) is 40.5 Å². The van der Waals surface area contributed by atoms with Crippen LogP contribution in [0.15, 0.2) is 72.3 Å². The molecule has 0 nitrogen and oxygen atoms in total. The van der Waals surface area contributed by atoms with Gasteiger partial charge in [0.25, 0.3) is 0 Å². The van der Waals surface area contributed by atoms with Crippen molar-refractivity contribution in [2.24, 2.45) is 5.41 Å². The molecule has 2 aromatic carbocycles. The molecule has 0 saturated heterocycles. The fraction of sp³-hybridized carbons (Fsp3) is 0.333. The van der Waals surface area contributed by atoms with Crippen LogP contribution in [-0.2, 0) is 26.2 Å². The van der Waals surface area contributed by atoms with Crippen LogP contribution in [0.1, 0.15) is 56.6 Å². The van der Waals surface area contributed by atoms with Gasteiger partial charge in [0.1, 0.15) is 0 Å². The summed E-state index contributed by atoms with van der Waals surface area (Å²) in [6.45, 7) is 4.81. The third-order valence-electron chi connectivity index (χ3n) is 6.03. The van der Waals surface area contributed by atoms with Crippen LogP contribution in [0.5, 0.6) is 0 Å². The smallest absolute Gasteiger partial charge is 0.0193 e. The molecule has 0 N–H and O–H groups in total. The van der Waals surface area contributed by atoms with Gasteiger partial charge >= 0.3 is 0 Å². The number of rotatable bonds is 5. The van der Waals surface area contributed by atoms with E-state index in [4.69, 9.17) is 0 Å². The second kappa shape index (κ2) is 10.2. The molecule has 0 aromatic heterocycles. The maximum absolute atomic E-state index is 2.50. The number of benzene rings is 2. The summed E-state index contributed by atoms with van der Waals surface area (Å²) in [5.41, 5.74) is 7.71. The Morgan fingerprint density at radius 1 is 0.926 bits per heavy atom. The Kier molecular flexibility index (Phi) is 9.26. The molecule has 4 rings (SSSR count). The van der Waals surface area contributed by atoms with E-state index in [9.17, 15) is 0 Å². The summed E-state index contributed by atoms with van der Waals surface area (Å²) in [5.74, 6) is 0.475. The minimum absolute atomic E-state index is 0. The van der Waals surface area contributed by atoms with Crippen LogP contribution < -0.4 is 0 Å². The van der Waals surface area contributed by atoms with Crippen molar-refractivity contribution in [1.29, 1.82) is 0 Å². The first-order chi connectivity index (χ1) is 11.8. The summed E-state index contributed by atoms with van der Waals surface area (Å²) < 4.78 is 0. The average Bonchev–Trinajstić information content (AvgIpc) is 3.26. The van der Waals surface area contributed by atoms with Crippen molar-refractivity contribution in [2.75, 3.05) is 0 Å². The van der Waals surface area contributed by atoms with Crippen molar-refractivity contribution in [1.82, 2.24) is 0 Å². The molecule has 0 radical (unpaired) electrons. The molecule has 0 aliphatic heterocycles. The van der Waals surface area contributed by atoms with E-state index in [2.05, 4.69) is 80.6 Å². The summed E-state index contributed by atoms with van der Waals surface area (Å²) in [6, 6.07) is 18.1. The second-order valence-corrected chi connectivity index (χ2v) is 7.45. The van der Waals surface area contributed by atoms with Crippen LogP contribution in [0.2, 0.25) is 0 Å². The van der Waals surface area contributed by atoms with Crippen molar-refractivity contribution < 1.29 is 26.2 Å². The first kappa shape index (κ1) is 24.4. The molecule has 0 heterocycles. The second-order valence-electron chi connectivity index (χ2n) is 7.45. The molecule has 0 fully saturated rings. The van der Waals surface area contributed by atoms with Gasteiger partial charge in [-0.2, -0.15) is 0 Å². The molecule has 0 saturated carbocycles. The third-order valence-corrected chi connectivity index (χ3v) is 6.03. The summed E-state index contributed by atoms with van der Waals surface area (Å²) in [4.78, 5) is 0. The Bertz CT molecular complexity index is 779. The van der Waals surface area contributed by atoms with Crippen molar-refractivity contribution in [3.8, 4) is 11.1 Å². The molecular weight excluding hydrogens is 450 g/mol. The first-order valence-corrected chi connectivity index (χ1v) is 9.30.